The van der Waals surface area contributed by atoms with Crippen LogP contribution in [0.4, 0.5) is 5.69 Å². The van der Waals surface area contributed by atoms with E-state index >= 15 is 0 Å². The highest BCUT2D eigenvalue weighted by molar-refractivity contribution is 5.53. The normalized spacial score (nSPS) is 10.2. The van der Waals surface area contributed by atoms with E-state index in [4.69, 9.17) is 9.47 Å². The number of aryl methyl sites for hydroxylation is 1. The molecule has 2 rings (SSSR count). The lowest BCUT2D eigenvalue weighted by Gasteiger charge is -2.10. The van der Waals surface area contributed by atoms with Crippen molar-refractivity contribution in [2.75, 3.05) is 26.1 Å². The minimum absolute atomic E-state index is 0.788. The number of benzene rings is 1. The number of hydrogen-bond acceptors (Lipinski definition) is 4. The van der Waals surface area contributed by atoms with E-state index in [0.717, 1.165) is 36.7 Å². The van der Waals surface area contributed by atoms with E-state index < -0.39 is 0 Å². The average Bonchev–Trinajstić information content (AvgIpc) is 2.96. The maximum atomic E-state index is 5.23. The molecule has 19 heavy (non-hydrogen) atoms. The molecule has 1 heterocycles. The minimum atomic E-state index is 0.788. The van der Waals surface area contributed by atoms with Crippen LogP contribution in [0.1, 0.15) is 6.42 Å². The Hall–Kier alpha value is -2.17. The minimum Gasteiger partial charge on any atom is -0.497 e. The number of rotatable bonds is 7. The number of aromatic nitrogens is 2. The van der Waals surface area contributed by atoms with E-state index in [1.165, 1.54) is 0 Å². The molecule has 0 radical (unpaired) electrons. The first kappa shape index (κ1) is 13.3. The third-order valence-electron chi connectivity index (χ3n) is 2.83. The summed E-state index contributed by atoms with van der Waals surface area (Å²) in [4.78, 5) is 4.01. The van der Waals surface area contributed by atoms with Crippen LogP contribution in [0.3, 0.4) is 0 Å². The van der Waals surface area contributed by atoms with Gasteiger partial charge in [0.2, 0.25) is 0 Å². The van der Waals surface area contributed by atoms with Crippen molar-refractivity contribution in [1.82, 2.24) is 9.55 Å². The summed E-state index contributed by atoms with van der Waals surface area (Å²) in [5.74, 6) is 1.58. The molecule has 102 valence electrons. The van der Waals surface area contributed by atoms with Gasteiger partial charge in [-0.05, 0) is 6.42 Å². The Morgan fingerprint density at radius 1 is 1.16 bits per heavy atom. The van der Waals surface area contributed by atoms with Crippen LogP contribution in [-0.2, 0) is 6.54 Å². The van der Waals surface area contributed by atoms with Crippen molar-refractivity contribution in [3.63, 3.8) is 0 Å². The molecular formula is C14H19N3O2. The van der Waals surface area contributed by atoms with Crippen molar-refractivity contribution < 1.29 is 9.47 Å². The number of ether oxygens (including phenoxy) is 2. The van der Waals surface area contributed by atoms with Crippen LogP contribution in [0, 0.1) is 0 Å². The molecule has 5 nitrogen and oxygen atoms in total. The average molecular weight is 261 g/mol. The fourth-order valence-electron chi connectivity index (χ4n) is 1.82. The van der Waals surface area contributed by atoms with Crippen molar-refractivity contribution in [2.45, 2.75) is 13.0 Å². The molecule has 1 aromatic heterocycles. The topological polar surface area (TPSA) is 48.3 Å². The standard InChI is InChI=1S/C14H19N3O2/c1-18-13-8-12(9-14(10-13)19-2)16-4-3-6-17-7-5-15-11-17/h5,7-11,16H,3-4,6H2,1-2H3. The maximum Gasteiger partial charge on any atom is 0.124 e. The van der Waals surface area contributed by atoms with Gasteiger partial charge >= 0.3 is 0 Å². The molecule has 0 saturated heterocycles. The zero-order chi connectivity index (χ0) is 13.5. The van der Waals surface area contributed by atoms with Crippen LogP contribution in [0.25, 0.3) is 0 Å². The molecule has 0 aliphatic rings. The van der Waals surface area contributed by atoms with Gasteiger partial charge in [-0.1, -0.05) is 0 Å². The van der Waals surface area contributed by atoms with Crippen LogP contribution in [0.2, 0.25) is 0 Å². The summed E-state index contributed by atoms with van der Waals surface area (Å²) >= 11 is 0. The molecule has 0 aliphatic carbocycles. The Kier molecular flexibility index (Phi) is 4.66. The molecule has 1 N–H and O–H groups in total. The molecule has 0 unspecified atom stereocenters. The Bertz CT molecular complexity index is 475. The lowest BCUT2D eigenvalue weighted by atomic mass is 10.2. The second-order valence-electron chi connectivity index (χ2n) is 4.18. The summed E-state index contributed by atoms with van der Waals surface area (Å²) in [6.07, 6.45) is 6.61. The molecule has 0 amide bonds. The zero-order valence-electron chi connectivity index (χ0n) is 11.3. The van der Waals surface area contributed by atoms with Crippen LogP contribution in [0.5, 0.6) is 11.5 Å². The van der Waals surface area contributed by atoms with Gasteiger partial charge < -0.3 is 19.4 Å². The van der Waals surface area contributed by atoms with Gasteiger partial charge in [-0.15, -0.1) is 0 Å². The Morgan fingerprint density at radius 3 is 2.47 bits per heavy atom. The smallest absolute Gasteiger partial charge is 0.124 e. The Labute approximate surface area is 113 Å². The summed E-state index contributed by atoms with van der Waals surface area (Å²) < 4.78 is 12.5. The van der Waals surface area contributed by atoms with Crippen molar-refractivity contribution in [3.8, 4) is 11.5 Å². The first-order chi connectivity index (χ1) is 9.31. The summed E-state index contributed by atoms with van der Waals surface area (Å²) in [6.45, 7) is 1.84. The van der Waals surface area contributed by atoms with E-state index in [9.17, 15) is 0 Å². The predicted molar refractivity (Wildman–Crippen MR) is 74.9 cm³/mol. The molecule has 0 aliphatic heterocycles. The van der Waals surface area contributed by atoms with E-state index in [2.05, 4.69) is 14.9 Å². The molecular weight excluding hydrogens is 242 g/mol. The monoisotopic (exact) mass is 261 g/mol. The number of hydrogen-bond donors (Lipinski definition) is 1. The molecule has 0 saturated carbocycles. The van der Waals surface area contributed by atoms with E-state index in [-0.39, 0.29) is 0 Å². The van der Waals surface area contributed by atoms with E-state index in [1.807, 2.05) is 30.7 Å². The highest BCUT2D eigenvalue weighted by Gasteiger charge is 2.01. The number of nitrogens with one attached hydrogen (secondary N) is 1. The second kappa shape index (κ2) is 6.68. The van der Waals surface area contributed by atoms with Crippen LogP contribution in [0.15, 0.2) is 36.9 Å². The van der Waals surface area contributed by atoms with Gasteiger partial charge in [-0.2, -0.15) is 0 Å². The van der Waals surface area contributed by atoms with Crippen LogP contribution >= 0.6 is 0 Å². The number of anilines is 1. The lowest BCUT2D eigenvalue weighted by molar-refractivity contribution is 0.394. The van der Waals surface area contributed by atoms with E-state index in [0.29, 0.717) is 0 Å². The third-order valence-corrected chi connectivity index (χ3v) is 2.83. The van der Waals surface area contributed by atoms with Crippen molar-refractivity contribution in [2.24, 2.45) is 0 Å². The first-order valence-corrected chi connectivity index (χ1v) is 6.24. The van der Waals surface area contributed by atoms with Crippen molar-refractivity contribution >= 4 is 5.69 Å². The Morgan fingerprint density at radius 2 is 1.89 bits per heavy atom. The summed E-state index contributed by atoms with van der Waals surface area (Å²) in [5, 5.41) is 3.36. The van der Waals surface area contributed by atoms with Crippen molar-refractivity contribution in [3.05, 3.63) is 36.9 Å². The first-order valence-electron chi connectivity index (χ1n) is 6.24. The van der Waals surface area contributed by atoms with Crippen LogP contribution in [-0.4, -0.2) is 30.3 Å². The maximum absolute atomic E-state index is 5.23. The molecule has 2 aromatic rings. The van der Waals surface area contributed by atoms with Gasteiger partial charge in [-0.25, -0.2) is 4.98 Å². The molecule has 0 atom stereocenters. The number of methoxy groups -OCH3 is 2. The van der Waals surface area contributed by atoms with E-state index in [1.54, 1.807) is 20.4 Å². The quantitative estimate of drug-likeness (QED) is 0.777. The van der Waals surface area contributed by atoms with Gasteiger partial charge in [-0.3, -0.25) is 0 Å². The van der Waals surface area contributed by atoms with Crippen molar-refractivity contribution in [1.29, 1.82) is 0 Å². The largest absolute Gasteiger partial charge is 0.497 e. The zero-order valence-corrected chi connectivity index (χ0v) is 11.3. The Balaban J connectivity index is 1.84. The highest BCUT2D eigenvalue weighted by Crippen LogP contribution is 2.25. The SMILES string of the molecule is COc1cc(NCCCn2ccnc2)cc(OC)c1. The fraction of sp³-hybridized carbons (Fsp3) is 0.357. The predicted octanol–water partition coefficient (Wildman–Crippen LogP) is 2.40. The van der Waals surface area contributed by atoms with Gasteiger partial charge in [0.15, 0.2) is 0 Å². The van der Waals surface area contributed by atoms with Gasteiger partial charge in [0, 0.05) is 49.4 Å². The van der Waals surface area contributed by atoms with Crippen LogP contribution < -0.4 is 14.8 Å². The summed E-state index contributed by atoms with van der Waals surface area (Å²) in [5.41, 5.74) is 1.00. The highest BCUT2D eigenvalue weighted by atomic mass is 16.5. The molecule has 0 fully saturated rings. The number of nitrogens with zero attached hydrogens (tertiary/aromatic N) is 2. The molecule has 5 heteroatoms. The third kappa shape index (κ3) is 3.91. The van der Waals surface area contributed by atoms with Gasteiger partial charge in [0.25, 0.3) is 0 Å². The second-order valence-corrected chi connectivity index (χ2v) is 4.18. The molecule has 0 spiro atoms. The summed E-state index contributed by atoms with van der Waals surface area (Å²) in [6, 6.07) is 5.77. The molecule has 1 aromatic carbocycles. The van der Waals surface area contributed by atoms with Gasteiger partial charge in [0.05, 0.1) is 20.5 Å². The molecule has 0 bridgehead atoms. The fourth-order valence-corrected chi connectivity index (χ4v) is 1.82. The summed E-state index contributed by atoms with van der Waals surface area (Å²) in [7, 11) is 3.30. The van der Waals surface area contributed by atoms with Gasteiger partial charge in [0.1, 0.15) is 11.5 Å². The lowest BCUT2D eigenvalue weighted by Crippen LogP contribution is -2.06. The number of imidazole rings is 1.